The number of benzene rings is 1. The van der Waals surface area contributed by atoms with Crippen molar-refractivity contribution in [2.24, 2.45) is 0 Å². The van der Waals surface area contributed by atoms with Crippen molar-refractivity contribution in [3.8, 4) is 0 Å². The fraction of sp³-hybridized carbons (Fsp3) is 0.538. The predicted octanol–water partition coefficient (Wildman–Crippen LogP) is 3.06. The number of halogens is 2. The molecule has 1 aromatic carbocycles. The number of aliphatic hydroxyl groups is 1. The van der Waals surface area contributed by atoms with Crippen LogP contribution in [0.3, 0.4) is 0 Å². The molecule has 4 heteroatoms. The van der Waals surface area contributed by atoms with Gasteiger partial charge in [0, 0.05) is 30.3 Å². The minimum atomic E-state index is -0.729. The Labute approximate surface area is 109 Å². The first-order valence-corrected chi connectivity index (χ1v) is 6.59. The van der Waals surface area contributed by atoms with E-state index in [2.05, 4.69) is 15.9 Å². The highest BCUT2D eigenvalue weighted by Crippen LogP contribution is 2.37. The second-order valence-corrected chi connectivity index (χ2v) is 5.58. The molecule has 1 aliphatic carbocycles. The van der Waals surface area contributed by atoms with Gasteiger partial charge in [-0.25, -0.2) is 4.39 Å². The maximum atomic E-state index is 13.2. The van der Waals surface area contributed by atoms with Crippen LogP contribution in [0.4, 0.5) is 4.39 Å². The minimum absolute atomic E-state index is 0.155. The molecule has 2 nitrogen and oxygen atoms in total. The Balaban J connectivity index is 1.97. The van der Waals surface area contributed by atoms with E-state index < -0.39 is 5.60 Å². The summed E-state index contributed by atoms with van der Waals surface area (Å²) in [5.74, 6) is -0.279. The minimum Gasteiger partial charge on any atom is -0.389 e. The van der Waals surface area contributed by atoms with Crippen molar-refractivity contribution in [1.82, 2.24) is 0 Å². The molecule has 0 spiro atoms. The fourth-order valence-corrected chi connectivity index (χ4v) is 2.89. The summed E-state index contributed by atoms with van der Waals surface area (Å²) in [6.07, 6.45) is 1.90. The third-order valence-electron chi connectivity index (χ3n) is 3.07. The highest BCUT2D eigenvalue weighted by molar-refractivity contribution is 9.10. The van der Waals surface area contributed by atoms with Crippen LogP contribution in [0.25, 0.3) is 0 Å². The van der Waals surface area contributed by atoms with E-state index in [0.29, 0.717) is 30.3 Å². The van der Waals surface area contributed by atoms with Gasteiger partial charge >= 0.3 is 0 Å². The van der Waals surface area contributed by atoms with Gasteiger partial charge in [-0.3, -0.25) is 0 Å². The zero-order valence-corrected chi connectivity index (χ0v) is 11.3. The molecule has 17 heavy (non-hydrogen) atoms. The van der Waals surface area contributed by atoms with Crippen LogP contribution in [0.1, 0.15) is 25.3 Å². The summed E-state index contributed by atoms with van der Waals surface area (Å²) in [4.78, 5) is 0. The predicted molar refractivity (Wildman–Crippen MR) is 67.4 cm³/mol. The van der Waals surface area contributed by atoms with Crippen LogP contribution in [0, 0.1) is 5.82 Å². The van der Waals surface area contributed by atoms with E-state index in [4.69, 9.17) is 4.74 Å². The van der Waals surface area contributed by atoms with Crippen LogP contribution in [-0.2, 0) is 11.2 Å². The standard InChI is InChI=1S/C13H16BrFO2/c1-2-17-12-7-13(16,8-12)6-9-3-10(14)5-11(15)4-9/h3-5,12,16H,2,6-8H2,1H3. The van der Waals surface area contributed by atoms with Gasteiger partial charge in [0.25, 0.3) is 0 Å². The molecule has 0 atom stereocenters. The topological polar surface area (TPSA) is 29.5 Å². The summed E-state index contributed by atoms with van der Waals surface area (Å²) in [5.41, 5.74) is 0.0851. The van der Waals surface area contributed by atoms with Crippen LogP contribution in [0.2, 0.25) is 0 Å². The molecule has 0 unspecified atom stereocenters. The second kappa shape index (κ2) is 5.04. The molecular formula is C13H16BrFO2. The van der Waals surface area contributed by atoms with Gasteiger partial charge in [0.1, 0.15) is 5.82 Å². The maximum absolute atomic E-state index is 13.2. The van der Waals surface area contributed by atoms with Crippen LogP contribution in [-0.4, -0.2) is 23.4 Å². The zero-order chi connectivity index (χ0) is 12.5. The molecule has 0 heterocycles. The normalized spacial score (nSPS) is 27.9. The molecule has 94 valence electrons. The lowest BCUT2D eigenvalue weighted by atomic mass is 9.73. The van der Waals surface area contributed by atoms with Crippen molar-refractivity contribution in [1.29, 1.82) is 0 Å². The molecule has 0 aliphatic heterocycles. The monoisotopic (exact) mass is 302 g/mol. The summed E-state index contributed by atoms with van der Waals surface area (Å²) in [7, 11) is 0. The molecule has 0 radical (unpaired) electrons. The zero-order valence-electron chi connectivity index (χ0n) is 9.75. The van der Waals surface area contributed by atoms with Gasteiger partial charge in [-0.05, 0) is 30.7 Å². The molecule has 1 aliphatic rings. The van der Waals surface area contributed by atoms with Crippen LogP contribution < -0.4 is 0 Å². The van der Waals surface area contributed by atoms with Gasteiger partial charge in [-0.15, -0.1) is 0 Å². The second-order valence-electron chi connectivity index (χ2n) is 4.66. The molecule has 0 bridgehead atoms. The molecule has 2 rings (SSSR count). The van der Waals surface area contributed by atoms with Gasteiger partial charge in [0.2, 0.25) is 0 Å². The first-order chi connectivity index (χ1) is 8.00. The van der Waals surface area contributed by atoms with E-state index in [9.17, 15) is 9.50 Å². The smallest absolute Gasteiger partial charge is 0.124 e. The summed E-state index contributed by atoms with van der Waals surface area (Å²) in [5, 5.41) is 10.2. The van der Waals surface area contributed by atoms with Gasteiger partial charge < -0.3 is 9.84 Å². The Kier molecular flexibility index (Phi) is 3.85. The average Bonchev–Trinajstić information content (AvgIpc) is 2.13. The average molecular weight is 303 g/mol. The molecule has 1 aromatic rings. The van der Waals surface area contributed by atoms with Crippen molar-refractivity contribution in [2.75, 3.05) is 6.61 Å². The molecule has 0 aromatic heterocycles. The third kappa shape index (κ3) is 3.27. The lowest BCUT2D eigenvalue weighted by Gasteiger charge is -2.43. The molecule has 0 amide bonds. The van der Waals surface area contributed by atoms with Crippen molar-refractivity contribution >= 4 is 15.9 Å². The lowest BCUT2D eigenvalue weighted by molar-refractivity contribution is -0.136. The largest absolute Gasteiger partial charge is 0.389 e. The number of ether oxygens (including phenoxy) is 1. The molecule has 1 fully saturated rings. The molecule has 1 N–H and O–H groups in total. The maximum Gasteiger partial charge on any atom is 0.124 e. The highest BCUT2D eigenvalue weighted by Gasteiger charge is 2.43. The quantitative estimate of drug-likeness (QED) is 0.926. The van der Waals surface area contributed by atoms with E-state index >= 15 is 0 Å². The lowest BCUT2D eigenvalue weighted by Crippen LogP contribution is -2.49. The van der Waals surface area contributed by atoms with Gasteiger partial charge in [0.15, 0.2) is 0 Å². The summed E-state index contributed by atoms with van der Waals surface area (Å²) in [6.45, 7) is 2.62. The summed E-state index contributed by atoms with van der Waals surface area (Å²) < 4.78 is 19.3. The fourth-order valence-electron chi connectivity index (χ4n) is 2.38. The molecule has 0 saturated heterocycles. The third-order valence-corrected chi connectivity index (χ3v) is 3.53. The van der Waals surface area contributed by atoms with Crippen molar-refractivity contribution in [3.63, 3.8) is 0 Å². The van der Waals surface area contributed by atoms with Crippen LogP contribution in [0.5, 0.6) is 0 Å². The van der Waals surface area contributed by atoms with E-state index in [0.717, 1.165) is 5.56 Å². The van der Waals surface area contributed by atoms with Crippen molar-refractivity contribution < 1.29 is 14.2 Å². The molecular weight excluding hydrogens is 287 g/mol. The Morgan fingerprint density at radius 3 is 2.76 bits per heavy atom. The highest BCUT2D eigenvalue weighted by atomic mass is 79.9. The summed E-state index contributed by atoms with van der Waals surface area (Å²) in [6, 6.07) is 4.73. The molecule has 1 saturated carbocycles. The first-order valence-electron chi connectivity index (χ1n) is 5.80. The van der Waals surface area contributed by atoms with E-state index in [1.807, 2.05) is 13.0 Å². The van der Waals surface area contributed by atoms with E-state index in [1.54, 1.807) is 0 Å². The van der Waals surface area contributed by atoms with Crippen LogP contribution in [0.15, 0.2) is 22.7 Å². The van der Waals surface area contributed by atoms with Gasteiger partial charge in [0.05, 0.1) is 11.7 Å². The Morgan fingerprint density at radius 2 is 2.18 bits per heavy atom. The first kappa shape index (κ1) is 13.0. The Bertz CT molecular complexity index is 382. The summed E-state index contributed by atoms with van der Waals surface area (Å²) >= 11 is 3.25. The van der Waals surface area contributed by atoms with E-state index in [-0.39, 0.29) is 11.9 Å². The van der Waals surface area contributed by atoms with Gasteiger partial charge in [-0.1, -0.05) is 15.9 Å². The van der Waals surface area contributed by atoms with E-state index in [1.165, 1.54) is 12.1 Å². The van der Waals surface area contributed by atoms with Crippen molar-refractivity contribution in [2.45, 2.75) is 37.9 Å². The van der Waals surface area contributed by atoms with Crippen LogP contribution >= 0.6 is 15.9 Å². The SMILES string of the molecule is CCOC1CC(O)(Cc2cc(F)cc(Br)c2)C1. The Morgan fingerprint density at radius 1 is 1.47 bits per heavy atom. The van der Waals surface area contributed by atoms with Gasteiger partial charge in [-0.2, -0.15) is 0 Å². The Hall–Kier alpha value is -0.450. The number of rotatable bonds is 4. The number of hydrogen-bond acceptors (Lipinski definition) is 2. The van der Waals surface area contributed by atoms with Crippen molar-refractivity contribution in [3.05, 3.63) is 34.1 Å². The number of hydrogen-bond donors (Lipinski definition) is 1.